The number of aryl methyl sites for hydroxylation is 4. The van der Waals surface area contributed by atoms with Crippen molar-refractivity contribution >= 4 is 34.4 Å². The van der Waals surface area contributed by atoms with Crippen LogP contribution in [-0.4, -0.2) is 22.1 Å². The van der Waals surface area contributed by atoms with Gasteiger partial charge in [0.15, 0.2) is 0 Å². The Balaban J connectivity index is 1.06. The molecule has 0 fully saturated rings. The molecule has 0 radical (unpaired) electrons. The number of para-hydroxylation sites is 1. The lowest BCUT2D eigenvalue weighted by Crippen LogP contribution is -2.37. The molecule has 0 amide bonds. The summed E-state index contributed by atoms with van der Waals surface area (Å²) >= 11 is 0. The van der Waals surface area contributed by atoms with Crippen LogP contribution in [0.2, 0.25) is 0 Å². The third kappa shape index (κ3) is 7.59. The Hall–Kier alpha value is -4.58. The summed E-state index contributed by atoms with van der Waals surface area (Å²) in [5.74, 6) is 0.476. The molecule has 5 nitrogen and oxygen atoms in total. The molecule has 2 aliphatic carbocycles. The van der Waals surface area contributed by atoms with Gasteiger partial charge in [0.1, 0.15) is 0 Å². The number of anilines is 2. The zero-order valence-corrected chi connectivity index (χ0v) is 28.4. The summed E-state index contributed by atoms with van der Waals surface area (Å²) in [7, 11) is 0. The van der Waals surface area contributed by atoms with E-state index in [4.69, 9.17) is 14.7 Å². The number of fused-ring (bicyclic) bond motifs is 2. The number of aromatic nitrogens is 2. The van der Waals surface area contributed by atoms with Gasteiger partial charge in [-0.25, -0.2) is 0 Å². The van der Waals surface area contributed by atoms with E-state index in [1.54, 1.807) is 0 Å². The van der Waals surface area contributed by atoms with E-state index in [2.05, 4.69) is 135 Å². The lowest BCUT2D eigenvalue weighted by Gasteiger charge is -2.29. The van der Waals surface area contributed by atoms with Gasteiger partial charge in [0.2, 0.25) is 0 Å². The van der Waals surface area contributed by atoms with Crippen molar-refractivity contribution in [1.82, 2.24) is 15.3 Å². The van der Waals surface area contributed by atoms with E-state index in [0.717, 1.165) is 77.5 Å². The van der Waals surface area contributed by atoms with Crippen molar-refractivity contribution in [3.05, 3.63) is 141 Å². The smallest absolute Gasteiger partial charge is 0.0805 e. The van der Waals surface area contributed by atoms with Crippen molar-refractivity contribution in [3.8, 4) is 0 Å². The third-order valence-electron chi connectivity index (χ3n) is 9.73. The van der Waals surface area contributed by atoms with Gasteiger partial charge in [0.05, 0.1) is 23.6 Å². The van der Waals surface area contributed by atoms with E-state index in [9.17, 15) is 0 Å². The standard InChI is InChI=1S/C43H46N4O/c1-29-17-21-41-37(23-29)35(24-30(2)45-41)27-44-39-15-9-7-13-33(39)18-19-34-14-8-10-16-40(34)47-43-25-31(3)46-42-22-20-36(26-38(42)43)48-28-32-11-5-4-6-12-32/h4-8,10-14,16-17,21-26,33,36,39,44,47H,9,15,18-20,27-28H2,1-3H3. The van der Waals surface area contributed by atoms with Crippen molar-refractivity contribution in [2.45, 2.75) is 78.2 Å². The van der Waals surface area contributed by atoms with Crippen molar-refractivity contribution in [3.63, 3.8) is 0 Å². The summed E-state index contributed by atoms with van der Waals surface area (Å²) in [6.45, 7) is 7.78. The van der Waals surface area contributed by atoms with Gasteiger partial charge in [-0.1, -0.05) is 78.4 Å². The predicted octanol–water partition coefficient (Wildman–Crippen LogP) is 7.91. The Morgan fingerprint density at radius 2 is 1.67 bits per heavy atom. The molecular formula is C43H46N4O. The number of nitrogens with one attached hydrogen (secondary N) is 2. The number of pyridine rings is 2. The first-order valence-electron chi connectivity index (χ1n) is 17.5. The highest BCUT2D eigenvalue weighted by atomic mass is 16.5. The maximum atomic E-state index is 6.32. The van der Waals surface area contributed by atoms with Crippen LogP contribution in [-0.2, 0) is 24.3 Å². The fourth-order valence-corrected chi connectivity index (χ4v) is 7.23. The molecule has 3 aromatic carbocycles. The lowest BCUT2D eigenvalue weighted by molar-refractivity contribution is 0.0852. The predicted molar refractivity (Wildman–Crippen MR) is 199 cm³/mol. The number of ether oxygens (including phenoxy) is 1. The second kappa shape index (κ2) is 14.7. The molecule has 0 bridgehead atoms. The van der Waals surface area contributed by atoms with Crippen LogP contribution in [0.3, 0.4) is 0 Å². The fraction of sp³-hybridized carbons (Fsp3) is 0.302. The molecule has 7 rings (SSSR count). The molecule has 3 atom stereocenters. The molecule has 2 N–H and O–H groups in total. The number of benzene rings is 3. The molecule has 2 aliphatic rings. The maximum absolute atomic E-state index is 6.32. The zero-order valence-electron chi connectivity index (χ0n) is 28.4. The van der Waals surface area contributed by atoms with Gasteiger partial charge in [-0.2, -0.15) is 0 Å². The van der Waals surface area contributed by atoms with Crippen LogP contribution in [0.4, 0.5) is 11.4 Å². The fourth-order valence-electron chi connectivity index (χ4n) is 7.23. The quantitative estimate of drug-likeness (QED) is 0.145. The van der Waals surface area contributed by atoms with Gasteiger partial charge in [-0.15, -0.1) is 0 Å². The molecule has 0 spiro atoms. The van der Waals surface area contributed by atoms with E-state index < -0.39 is 0 Å². The van der Waals surface area contributed by atoms with Crippen molar-refractivity contribution in [1.29, 1.82) is 0 Å². The molecule has 5 heteroatoms. The van der Waals surface area contributed by atoms with Crippen LogP contribution in [0.15, 0.2) is 97.1 Å². The number of hydrogen-bond acceptors (Lipinski definition) is 5. The van der Waals surface area contributed by atoms with Crippen LogP contribution in [0, 0.1) is 26.7 Å². The van der Waals surface area contributed by atoms with E-state index in [1.165, 1.54) is 27.6 Å². The Labute approximate surface area is 284 Å². The number of allylic oxidation sites excluding steroid dienone is 1. The molecule has 0 aliphatic heterocycles. The molecule has 2 aromatic heterocycles. The Bertz CT molecular complexity index is 2050. The van der Waals surface area contributed by atoms with Crippen molar-refractivity contribution < 1.29 is 4.74 Å². The largest absolute Gasteiger partial charge is 0.369 e. The summed E-state index contributed by atoms with van der Waals surface area (Å²) in [4.78, 5) is 9.64. The molecule has 3 unspecified atom stereocenters. The van der Waals surface area contributed by atoms with Crippen molar-refractivity contribution in [2.75, 3.05) is 5.32 Å². The lowest BCUT2D eigenvalue weighted by atomic mass is 9.85. The topological polar surface area (TPSA) is 59.1 Å². The van der Waals surface area contributed by atoms with E-state index >= 15 is 0 Å². The second-order valence-electron chi connectivity index (χ2n) is 13.5. The van der Waals surface area contributed by atoms with Crippen LogP contribution >= 0.6 is 0 Å². The van der Waals surface area contributed by atoms with E-state index in [-0.39, 0.29) is 6.10 Å². The minimum atomic E-state index is 0.0126. The minimum Gasteiger partial charge on any atom is -0.369 e. The number of hydrogen-bond donors (Lipinski definition) is 2. The normalized spacial score (nSPS) is 18.6. The highest BCUT2D eigenvalue weighted by molar-refractivity contribution is 5.83. The van der Waals surface area contributed by atoms with Crippen LogP contribution < -0.4 is 21.2 Å². The van der Waals surface area contributed by atoms with Gasteiger partial charge in [-0.05, 0) is 112 Å². The second-order valence-corrected chi connectivity index (χ2v) is 13.5. The third-order valence-corrected chi connectivity index (χ3v) is 9.73. The number of nitrogens with zero attached hydrogens (tertiary/aromatic N) is 2. The van der Waals surface area contributed by atoms with Crippen molar-refractivity contribution in [2.24, 2.45) is 5.92 Å². The molecule has 5 aromatic rings. The monoisotopic (exact) mass is 634 g/mol. The van der Waals surface area contributed by atoms with Gasteiger partial charge in [0.25, 0.3) is 0 Å². The molecule has 0 saturated carbocycles. The molecule has 0 saturated heterocycles. The van der Waals surface area contributed by atoms with Gasteiger partial charge in [-0.3, -0.25) is 9.97 Å². The SMILES string of the molecule is Cc1ccc2nc(C)cc(CNC3CCC=CC3CCc3ccccc3Nc3cc(C)nc4c3=CC(OCc3ccccc3)CC=4)c2c1. The molecular weight excluding hydrogens is 589 g/mol. The molecule has 2 heterocycles. The summed E-state index contributed by atoms with van der Waals surface area (Å²) in [5, 5.41) is 11.2. The average molecular weight is 635 g/mol. The highest BCUT2D eigenvalue weighted by Gasteiger charge is 2.22. The summed E-state index contributed by atoms with van der Waals surface area (Å²) in [6.07, 6.45) is 14.5. The van der Waals surface area contributed by atoms with Gasteiger partial charge in [0, 0.05) is 46.0 Å². The summed E-state index contributed by atoms with van der Waals surface area (Å²) in [6, 6.07) is 30.6. The first-order valence-corrected chi connectivity index (χ1v) is 17.5. The molecule has 48 heavy (non-hydrogen) atoms. The van der Waals surface area contributed by atoms with Crippen LogP contribution in [0.25, 0.3) is 23.1 Å². The van der Waals surface area contributed by atoms with Crippen LogP contribution in [0.1, 0.15) is 59.3 Å². The Morgan fingerprint density at radius 1 is 0.833 bits per heavy atom. The summed E-state index contributed by atoms with van der Waals surface area (Å²) in [5.41, 5.74) is 10.5. The Morgan fingerprint density at radius 3 is 2.56 bits per heavy atom. The zero-order chi connectivity index (χ0) is 32.9. The van der Waals surface area contributed by atoms with Crippen LogP contribution in [0.5, 0.6) is 0 Å². The van der Waals surface area contributed by atoms with Gasteiger partial charge < -0.3 is 15.4 Å². The highest BCUT2D eigenvalue weighted by Crippen LogP contribution is 2.28. The number of rotatable bonds is 11. The maximum Gasteiger partial charge on any atom is 0.0805 e. The van der Waals surface area contributed by atoms with Gasteiger partial charge >= 0.3 is 0 Å². The first kappa shape index (κ1) is 32.0. The first-order chi connectivity index (χ1) is 23.5. The Kier molecular flexibility index (Phi) is 9.78. The van der Waals surface area contributed by atoms with E-state index in [0.29, 0.717) is 18.6 Å². The average Bonchev–Trinajstić information content (AvgIpc) is 3.10. The minimum absolute atomic E-state index is 0.0126. The molecule has 244 valence electrons. The summed E-state index contributed by atoms with van der Waals surface area (Å²) < 4.78 is 6.32. The van der Waals surface area contributed by atoms with E-state index in [1.807, 2.05) is 6.07 Å².